The highest BCUT2D eigenvalue weighted by Crippen LogP contribution is 2.40. The first-order valence-corrected chi connectivity index (χ1v) is 11.4. The molecule has 0 radical (unpaired) electrons. The summed E-state index contributed by atoms with van der Waals surface area (Å²) in [4.78, 5) is 23.2. The quantitative estimate of drug-likeness (QED) is 0.398. The van der Waals surface area contributed by atoms with Gasteiger partial charge in [0.05, 0.1) is 18.8 Å². The van der Waals surface area contributed by atoms with Crippen molar-refractivity contribution in [2.75, 3.05) is 13.7 Å². The van der Waals surface area contributed by atoms with Crippen LogP contribution in [0.2, 0.25) is 0 Å². The summed E-state index contributed by atoms with van der Waals surface area (Å²) in [6, 6.07) is 9.51. The zero-order valence-corrected chi connectivity index (χ0v) is 19.6. The lowest BCUT2D eigenvalue weighted by molar-refractivity contribution is -0.140. The van der Waals surface area contributed by atoms with Crippen LogP contribution >= 0.6 is 15.9 Å². The van der Waals surface area contributed by atoms with Gasteiger partial charge in [0.25, 0.3) is 5.91 Å². The minimum absolute atomic E-state index is 0.0205. The van der Waals surface area contributed by atoms with Crippen molar-refractivity contribution in [3.63, 3.8) is 0 Å². The van der Waals surface area contributed by atoms with Gasteiger partial charge < -0.3 is 9.64 Å². The zero-order chi connectivity index (χ0) is 23.8. The van der Waals surface area contributed by atoms with Crippen LogP contribution in [-0.4, -0.2) is 34.4 Å². The van der Waals surface area contributed by atoms with Gasteiger partial charge in [-0.15, -0.1) is 0 Å². The first kappa shape index (κ1) is 23.2. The molecule has 33 heavy (non-hydrogen) atoms. The Morgan fingerprint density at radius 1 is 1.12 bits per heavy atom. The molecule has 3 aromatic rings. The Balaban J connectivity index is 1.80. The molecule has 3 heterocycles. The van der Waals surface area contributed by atoms with Crippen molar-refractivity contribution in [2.45, 2.75) is 30.9 Å². The lowest BCUT2D eigenvalue weighted by atomic mass is 9.87. The molecule has 2 aromatic heterocycles. The molecule has 0 N–H and O–H groups in total. The van der Waals surface area contributed by atoms with Crippen LogP contribution in [0.4, 0.5) is 13.2 Å². The number of methoxy groups -OCH3 is 1. The SMILES string of the molecule is COc1ccnc([C@H](C)N2CCc3c(cc(CBr)cc3-c3cccnc3C(F)(F)F)C2=O)c1. The second-order valence-corrected chi connectivity index (χ2v) is 8.31. The van der Waals surface area contributed by atoms with Crippen LogP contribution in [0.5, 0.6) is 5.75 Å². The maximum atomic E-state index is 13.7. The van der Waals surface area contributed by atoms with Crippen LogP contribution in [0.15, 0.2) is 48.8 Å². The first-order valence-electron chi connectivity index (χ1n) is 10.3. The highest BCUT2D eigenvalue weighted by molar-refractivity contribution is 9.08. The Kier molecular flexibility index (Phi) is 6.43. The van der Waals surface area contributed by atoms with Crippen molar-refractivity contribution in [3.05, 3.63) is 76.9 Å². The fourth-order valence-electron chi connectivity index (χ4n) is 4.16. The third kappa shape index (κ3) is 4.46. The second kappa shape index (κ2) is 9.13. The smallest absolute Gasteiger partial charge is 0.433 e. The van der Waals surface area contributed by atoms with Crippen LogP contribution in [0.1, 0.15) is 45.8 Å². The second-order valence-electron chi connectivity index (χ2n) is 7.75. The zero-order valence-electron chi connectivity index (χ0n) is 18.0. The van der Waals surface area contributed by atoms with Gasteiger partial charge >= 0.3 is 6.18 Å². The molecule has 0 spiro atoms. The highest BCUT2D eigenvalue weighted by atomic mass is 79.9. The Hall–Kier alpha value is -2.94. The van der Waals surface area contributed by atoms with Crippen molar-refractivity contribution >= 4 is 21.8 Å². The Labute approximate surface area is 197 Å². The number of hydrogen-bond donors (Lipinski definition) is 0. The number of fused-ring (bicyclic) bond motifs is 1. The molecule has 4 rings (SSSR count). The molecule has 5 nitrogen and oxygen atoms in total. The molecule has 0 unspecified atom stereocenters. The van der Waals surface area contributed by atoms with Gasteiger partial charge in [-0.2, -0.15) is 13.2 Å². The molecule has 0 saturated heterocycles. The van der Waals surface area contributed by atoms with E-state index in [0.29, 0.717) is 52.0 Å². The maximum absolute atomic E-state index is 13.7. The average Bonchev–Trinajstić information content (AvgIpc) is 2.83. The lowest BCUT2D eigenvalue weighted by Crippen LogP contribution is -2.40. The van der Waals surface area contributed by atoms with Gasteiger partial charge in [-0.25, -0.2) is 0 Å². The number of amides is 1. The van der Waals surface area contributed by atoms with E-state index in [4.69, 9.17) is 4.74 Å². The Morgan fingerprint density at radius 2 is 1.88 bits per heavy atom. The fourth-order valence-corrected chi connectivity index (χ4v) is 4.48. The van der Waals surface area contributed by atoms with E-state index in [1.807, 2.05) is 6.92 Å². The summed E-state index contributed by atoms with van der Waals surface area (Å²) in [5.41, 5.74) is 1.81. The van der Waals surface area contributed by atoms with Crippen molar-refractivity contribution < 1.29 is 22.7 Å². The third-order valence-electron chi connectivity index (χ3n) is 5.81. The number of rotatable bonds is 5. The van der Waals surface area contributed by atoms with E-state index in [1.54, 1.807) is 42.5 Å². The number of carbonyl (C=O) groups excluding carboxylic acids is 1. The average molecular weight is 520 g/mol. The Morgan fingerprint density at radius 3 is 2.58 bits per heavy atom. The summed E-state index contributed by atoms with van der Waals surface area (Å²) >= 11 is 3.38. The number of pyridine rings is 2. The summed E-state index contributed by atoms with van der Waals surface area (Å²) < 4.78 is 46.3. The summed E-state index contributed by atoms with van der Waals surface area (Å²) in [6.07, 6.45) is -1.44. The van der Waals surface area contributed by atoms with E-state index in [-0.39, 0.29) is 17.5 Å². The maximum Gasteiger partial charge on any atom is 0.433 e. The molecule has 0 saturated carbocycles. The van der Waals surface area contributed by atoms with E-state index in [0.717, 1.165) is 6.20 Å². The first-order chi connectivity index (χ1) is 15.7. The van der Waals surface area contributed by atoms with Crippen molar-refractivity contribution in [1.29, 1.82) is 0 Å². The number of carbonyl (C=O) groups is 1. The van der Waals surface area contributed by atoms with Gasteiger partial charge in [0.15, 0.2) is 5.69 Å². The van der Waals surface area contributed by atoms with Crippen molar-refractivity contribution in [3.8, 4) is 16.9 Å². The molecule has 1 aliphatic heterocycles. The molecule has 1 aromatic carbocycles. The van der Waals surface area contributed by atoms with Gasteiger partial charge in [-0.05, 0) is 54.3 Å². The predicted molar refractivity (Wildman–Crippen MR) is 121 cm³/mol. The number of hydrogen-bond acceptors (Lipinski definition) is 4. The number of nitrogens with zero attached hydrogens (tertiary/aromatic N) is 3. The largest absolute Gasteiger partial charge is 0.497 e. The van der Waals surface area contributed by atoms with Gasteiger partial charge in [0.2, 0.25) is 0 Å². The molecule has 0 fully saturated rings. The van der Waals surface area contributed by atoms with Crippen LogP contribution in [0.3, 0.4) is 0 Å². The number of benzene rings is 1. The molecule has 1 amide bonds. The number of ether oxygens (including phenoxy) is 1. The number of alkyl halides is 4. The van der Waals surface area contributed by atoms with E-state index >= 15 is 0 Å². The van der Waals surface area contributed by atoms with E-state index in [9.17, 15) is 18.0 Å². The van der Waals surface area contributed by atoms with Crippen LogP contribution in [0, 0.1) is 0 Å². The third-order valence-corrected chi connectivity index (χ3v) is 6.46. The summed E-state index contributed by atoms with van der Waals surface area (Å²) in [5.74, 6) is 0.395. The summed E-state index contributed by atoms with van der Waals surface area (Å²) in [7, 11) is 1.56. The minimum atomic E-state index is -4.61. The van der Waals surface area contributed by atoms with Crippen LogP contribution in [-0.2, 0) is 17.9 Å². The molecular weight excluding hydrogens is 499 g/mol. The van der Waals surface area contributed by atoms with Gasteiger partial charge in [-0.1, -0.05) is 22.0 Å². The van der Waals surface area contributed by atoms with Crippen molar-refractivity contribution in [2.24, 2.45) is 0 Å². The molecule has 0 aliphatic carbocycles. The number of aromatic nitrogens is 2. The summed E-state index contributed by atoms with van der Waals surface area (Å²) in [6.45, 7) is 2.23. The lowest BCUT2D eigenvalue weighted by Gasteiger charge is -2.34. The standard InChI is InChI=1S/C24H21BrF3N3O2/c1-14(21-12-16(33-2)5-8-29-21)31-9-6-17-19(10-15(13-25)11-20(17)23(31)32)18-4-3-7-30-22(18)24(26,27)28/h3-5,7-8,10-12,14H,6,9,13H2,1-2H3/t14-/m0/s1. The monoisotopic (exact) mass is 519 g/mol. The molecule has 9 heteroatoms. The predicted octanol–water partition coefficient (Wildman–Crippen LogP) is 5.83. The molecule has 172 valence electrons. The van der Waals surface area contributed by atoms with Gasteiger partial charge in [0.1, 0.15) is 5.75 Å². The topological polar surface area (TPSA) is 55.3 Å². The fraction of sp³-hybridized carbons (Fsp3) is 0.292. The Bertz CT molecular complexity index is 1200. The van der Waals surface area contributed by atoms with Gasteiger partial charge in [-0.3, -0.25) is 14.8 Å². The summed E-state index contributed by atoms with van der Waals surface area (Å²) in [5, 5.41) is 0.398. The van der Waals surface area contributed by atoms with Crippen LogP contribution < -0.4 is 4.74 Å². The molecule has 1 aliphatic rings. The molecule has 1 atom stereocenters. The van der Waals surface area contributed by atoms with E-state index in [2.05, 4.69) is 25.9 Å². The minimum Gasteiger partial charge on any atom is -0.497 e. The van der Waals surface area contributed by atoms with Crippen LogP contribution in [0.25, 0.3) is 11.1 Å². The molecule has 0 bridgehead atoms. The normalized spacial score (nSPS) is 14.7. The van der Waals surface area contributed by atoms with Crippen molar-refractivity contribution in [1.82, 2.24) is 14.9 Å². The highest BCUT2D eigenvalue weighted by Gasteiger charge is 2.37. The van der Waals surface area contributed by atoms with E-state index in [1.165, 1.54) is 12.1 Å². The number of halogens is 4. The molecular formula is C24H21BrF3N3O2. The van der Waals surface area contributed by atoms with Gasteiger partial charge in [0, 0.05) is 41.5 Å². The van der Waals surface area contributed by atoms with E-state index < -0.39 is 11.9 Å².